The first-order chi connectivity index (χ1) is 12.3. The summed E-state index contributed by atoms with van der Waals surface area (Å²) < 4.78 is 27.3. The van der Waals surface area contributed by atoms with Crippen LogP contribution in [0.15, 0.2) is 41.8 Å². The number of nitrogens with zero attached hydrogens (tertiary/aromatic N) is 1. The van der Waals surface area contributed by atoms with Crippen LogP contribution in [0, 0.1) is 0 Å². The van der Waals surface area contributed by atoms with Gasteiger partial charge in [0, 0.05) is 32.6 Å². The number of nitrogens with one attached hydrogen (secondary N) is 2. The van der Waals surface area contributed by atoms with E-state index >= 15 is 0 Å². The van der Waals surface area contributed by atoms with Gasteiger partial charge in [-0.1, -0.05) is 25.1 Å². The predicted octanol–water partition coefficient (Wildman–Crippen LogP) is 1.17. The largest absolute Gasteiger partial charge is 0.352 e. The lowest BCUT2D eigenvalue weighted by molar-refractivity contribution is -0.119. The standard InChI is InChI=1S/C18H25N3O4S/c1-3-18(23)20-16-6-4-5-11-21(13-16)26(24,25)17-9-7-15(8-10-17)12-19-14(2)22/h3,7-10,16H,1,4-6,11-13H2,2H3,(H,19,22)(H,20,23). The molecule has 0 aromatic heterocycles. The van der Waals surface area contributed by atoms with E-state index in [0.29, 0.717) is 13.1 Å². The molecule has 0 bridgehead atoms. The summed E-state index contributed by atoms with van der Waals surface area (Å²) in [7, 11) is -3.64. The second kappa shape index (κ2) is 8.95. The van der Waals surface area contributed by atoms with Gasteiger partial charge in [-0.05, 0) is 36.6 Å². The number of carbonyl (C=O) groups is 2. The smallest absolute Gasteiger partial charge is 0.243 e. The minimum Gasteiger partial charge on any atom is -0.352 e. The third-order valence-corrected chi connectivity index (χ3v) is 6.15. The molecular weight excluding hydrogens is 354 g/mol. The van der Waals surface area contributed by atoms with Crippen LogP contribution < -0.4 is 10.6 Å². The summed E-state index contributed by atoms with van der Waals surface area (Å²) in [6, 6.07) is 6.26. The normalized spacial score (nSPS) is 18.6. The molecule has 2 N–H and O–H groups in total. The number of benzene rings is 1. The summed E-state index contributed by atoms with van der Waals surface area (Å²) >= 11 is 0. The Kier molecular flexibility index (Phi) is 6.93. The van der Waals surface area contributed by atoms with Crippen molar-refractivity contribution in [2.45, 2.75) is 43.7 Å². The van der Waals surface area contributed by atoms with Crippen molar-refractivity contribution in [3.8, 4) is 0 Å². The summed E-state index contributed by atoms with van der Waals surface area (Å²) in [5.74, 6) is -0.435. The minimum absolute atomic E-state index is 0.140. The molecule has 1 aliphatic rings. The van der Waals surface area contributed by atoms with Gasteiger partial charge in [-0.15, -0.1) is 0 Å². The van der Waals surface area contributed by atoms with Gasteiger partial charge < -0.3 is 10.6 Å². The van der Waals surface area contributed by atoms with Gasteiger partial charge in [0.05, 0.1) is 4.90 Å². The quantitative estimate of drug-likeness (QED) is 0.725. The predicted molar refractivity (Wildman–Crippen MR) is 98.7 cm³/mol. The zero-order chi connectivity index (χ0) is 19.2. The minimum atomic E-state index is -3.64. The first-order valence-corrected chi connectivity index (χ1v) is 10.0. The van der Waals surface area contributed by atoms with E-state index in [-0.39, 0.29) is 29.3 Å². The molecule has 1 fully saturated rings. The van der Waals surface area contributed by atoms with Gasteiger partial charge in [0.25, 0.3) is 0 Å². The van der Waals surface area contributed by atoms with Crippen LogP contribution in [0.25, 0.3) is 0 Å². The molecule has 142 valence electrons. The Hall–Kier alpha value is -2.19. The van der Waals surface area contributed by atoms with Gasteiger partial charge in [-0.25, -0.2) is 8.42 Å². The molecule has 2 amide bonds. The monoisotopic (exact) mass is 379 g/mol. The van der Waals surface area contributed by atoms with Crippen LogP contribution in [-0.4, -0.2) is 43.7 Å². The average molecular weight is 379 g/mol. The van der Waals surface area contributed by atoms with Gasteiger partial charge in [-0.2, -0.15) is 4.31 Å². The second-order valence-electron chi connectivity index (χ2n) is 6.32. The third-order valence-electron chi connectivity index (χ3n) is 4.27. The van der Waals surface area contributed by atoms with E-state index in [1.807, 2.05) is 0 Å². The summed E-state index contributed by atoms with van der Waals surface area (Å²) in [5.41, 5.74) is 0.825. The van der Waals surface area contributed by atoms with E-state index in [2.05, 4.69) is 17.2 Å². The molecule has 1 aliphatic heterocycles. The average Bonchev–Trinajstić information content (AvgIpc) is 2.86. The van der Waals surface area contributed by atoms with Crippen molar-refractivity contribution in [2.75, 3.05) is 13.1 Å². The van der Waals surface area contributed by atoms with Crippen molar-refractivity contribution in [3.63, 3.8) is 0 Å². The first-order valence-electron chi connectivity index (χ1n) is 8.59. The lowest BCUT2D eigenvalue weighted by Crippen LogP contribution is -2.44. The number of hydrogen-bond acceptors (Lipinski definition) is 4. The molecule has 0 saturated carbocycles. The van der Waals surface area contributed by atoms with E-state index in [1.165, 1.54) is 17.3 Å². The lowest BCUT2D eigenvalue weighted by Gasteiger charge is -2.24. The van der Waals surface area contributed by atoms with Crippen molar-refractivity contribution in [1.82, 2.24) is 14.9 Å². The zero-order valence-electron chi connectivity index (χ0n) is 14.9. The summed E-state index contributed by atoms with van der Waals surface area (Å²) in [4.78, 5) is 22.7. The van der Waals surface area contributed by atoms with Crippen LogP contribution in [0.4, 0.5) is 0 Å². The second-order valence-corrected chi connectivity index (χ2v) is 8.26. The SMILES string of the molecule is C=CC(=O)NC1CCCCN(S(=O)(=O)c2ccc(CNC(C)=O)cc2)C1. The van der Waals surface area contributed by atoms with Gasteiger partial charge >= 0.3 is 0 Å². The Morgan fingerprint density at radius 1 is 1.27 bits per heavy atom. The topological polar surface area (TPSA) is 95.6 Å². The molecule has 0 aliphatic carbocycles. The van der Waals surface area contributed by atoms with E-state index in [0.717, 1.165) is 24.8 Å². The molecule has 1 saturated heterocycles. The Morgan fingerprint density at radius 3 is 2.58 bits per heavy atom. The fraction of sp³-hybridized carbons (Fsp3) is 0.444. The van der Waals surface area contributed by atoms with Gasteiger partial charge in [0.15, 0.2) is 0 Å². The Morgan fingerprint density at radius 2 is 1.96 bits per heavy atom. The van der Waals surface area contributed by atoms with E-state index < -0.39 is 10.0 Å². The van der Waals surface area contributed by atoms with Crippen molar-refractivity contribution in [1.29, 1.82) is 0 Å². The van der Waals surface area contributed by atoms with Crippen LogP contribution in [0.5, 0.6) is 0 Å². The molecule has 1 atom stereocenters. The van der Waals surface area contributed by atoms with Crippen molar-refractivity contribution in [3.05, 3.63) is 42.5 Å². The van der Waals surface area contributed by atoms with Crippen molar-refractivity contribution in [2.24, 2.45) is 0 Å². The van der Waals surface area contributed by atoms with Crippen LogP contribution >= 0.6 is 0 Å². The maximum atomic E-state index is 12.9. The molecule has 2 rings (SSSR count). The Bertz CT molecular complexity index is 759. The highest BCUT2D eigenvalue weighted by Gasteiger charge is 2.29. The van der Waals surface area contributed by atoms with Gasteiger partial charge in [-0.3, -0.25) is 9.59 Å². The summed E-state index contributed by atoms with van der Waals surface area (Å²) in [6.45, 7) is 5.89. The number of carbonyl (C=O) groups excluding carboxylic acids is 2. The van der Waals surface area contributed by atoms with Gasteiger partial charge in [0.1, 0.15) is 0 Å². The maximum Gasteiger partial charge on any atom is 0.243 e. The fourth-order valence-corrected chi connectivity index (χ4v) is 4.38. The molecule has 8 heteroatoms. The molecule has 1 unspecified atom stereocenters. The molecule has 1 aromatic rings. The number of hydrogen-bond donors (Lipinski definition) is 2. The van der Waals surface area contributed by atoms with E-state index in [9.17, 15) is 18.0 Å². The van der Waals surface area contributed by atoms with Crippen LogP contribution in [0.3, 0.4) is 0 Å². The summed E-state index contributed by atoms with van der Waals surface area (Å²) in [5, 5.41) is 5.47. The molecule has 1 aromatic carbocycles. The highest BCUT2D eigenvalue weighted by molar-refractivity contribution is 7.89. The summed E-state index contributed by atoms with van der Waals surface area (Å²) in [6.07, 6.45) is 3.53. The van der Waals surface area contributed by atoms with Crippen molar-refractivity contribution >= 4 is 21.8 Å². The highest BCUT2D eigenvalue weighted by Crippen LogP contribution is 2.21. The maximum absolute atomic E-state index is 12.9. The first kappa shape index (κ1) is 20.1. The van der Waals surface area contributed by atoms with Crippen LogP contribution in [0.2, 0.25) is 0 Å². The number of rotatable bonds is 6. The van der Waals surface area contributed by atoms with Crippen molar-refractivity contribution < 1.29 is 18.0 Å². The third kappa shape index (κ3) is 5.40. The Balaban J connectivity index is 2.12. The van der Waals surface area contributed by atoms with E-state index in [4.69, 9.17) is 0 Å². The number of amides is 2. The van der Waals surface area contributed by atoms with Crippen LogP contribution in [-0.2, 0) is 26.2 Å². The zero-order valence-corrected chi connectivity index (χ0v) is 15.7. The molecule has 0 spiro atoms. The van der Waals surface area contributed by atoms with Gasteiger partial charge in [0.2, 0.25) is 21.8 Å². The van der Waals surface area contributed by atoms with Crippen LogP contribution in [0.1, 0.15) is 31.7 Å². The molecule has 26 heavy (non-hydrogen) atoms. The molecule has 1 heterocycles. The lowest BCUT2D eigenvalue weighted by atomic mass is 10.1. The fourth-order valence-electron chi connectivity index (χ4n) is 2.86. The Labute approximate surface area is 154 Å². The molecule has 0 radical (unpaired) electrons. The number of sulfonamides is 1. The molecule has 7 nitrogen and oxygen atoms in total. The highest BCUT2D eigenvalue weighted by atomic mass is 32.2. The van der Waals surface area contributed by atoms with E-state index in [1.54, 1.807) is 24.3 Å². The molecular formula is C18H25N3O4S.